The molecular formula is C21H21N3OS. The number of fused-ring (bicyclic) bond motifs is 1. The van der Waals surface area contributed by atoms with E-state index in [1.54, 1.807) is 18.0 Å². The van der Waals surface area contributed by atoms with Gasteiger partial charge in [0.25, 0.3) is 0 Å². The number of hydrogen-bond acceptors (Lipinski definition) is 4. The van der Waals surface area contributed by atoms with E-state index >= 15 is 0 Å². The van der Waals surface area contributed by atoms with E-state index in [-0.39, 0.29) is 5.78 Å². The summed E-state index contributed by atoms with van der Waals surface area (Å²) >= 11 is 1.71. The number of aromatic nitrogens is 2. The third kappa shape index (κ3) is 3.15. The second kappa shape index (κ2) is 7.00. The smallest absolute Gasteiger partial charge is 0.167 e. The first-order valence-corrected chi connectivity index (χ1v) is 9.92. The minimum atomic E-state index is 0.153. The summed E-state index contributed by atoms with van der Waals surface area (Å²) in [5, 5.41) is 7.12. The van der Waals surface area contributed by atoms with Crippen molar-refractivity contribution < 1.29 is 4.79 Å². The Bertz CT molecular complexity index is 933. The number of aromatic amines is 1. The summed E-state index contributed by atoms with van der Waals surface area (Å²) in [6.45, 7) is 0.976. The van der Waals surface area contributed by atoms with Gasteiger partial charge in [-0.3, -0.25) is 9.89 Å². The molecule has 0 fully saturated rings. The lowest BCUT2D eigenvalue weighted by Gasteiger charge is -2.17. The molecule has 0 spiro atoms. The third-order valence-electron chi connectivity index (χ3n) is 4.92. The Kier molecular flexibility index (Phi) is 4.55. The molecule has 0 amide bonds. The highest BCUT2D eigenvalue weighted by Gasteiger charge is 2.23. The van der Waals surface area contributed by atoms with Gasteiger partial charge in [0.15, 0.2) is 5.78 Å². The fourth-order valence-corrected chi connectivity index (χ4v) is 3.95. The minimum absolute atomic E-state index is 0.153. The summed E-state index contributed by atoms with van der Waals surface area (Å²) in [4.78, 5) is 16.4. The van der Waals surface area contributed by atoms with Crippen LogP contribution in [0.3, 0.4) is 0 Å². The maximum absolute atomic E-state index is 12.9. The van der Waals surface area contributed by atoms with Crippen molar-refractivity contribution in [3.8, 4) is 11.3 Å². The van der Waals surface area contributed by atoms with E-state index < -0.39 is 0 Å². The molecule has 1 aliphatic rings. The molecule has 1 aromatic heterocycles. The SMILES string of the molecule is CSc1ccc(CC(=O)c2cc3c(c(-c4ccn[nH]4)c2)N(C)CC3)cc1. The van der Waals surface area contributed by atoms with Crippen LogP contribution in [0.25, 0.3) is 11.3 Å². The predicted octanol–water partition coefficient (Wildman–Crippen LogP) is 4.22. The van der Waals surface area contributed by atoms with Gasteiger partial charge in [-0.1, -0.05) is 12.1 Å². The topological polar surface area (TPSA) is 49.0 Å². The van der Waals surface area contributed by atoms with Gasteiger partial charge in [-0.25, -0.2) is 0 Å². The van der Waals surface area contributed by atoms with Crippen LogP contribution < -0.4 is 4.90 Å². The Balaban J connectivity index is 1.68. The van der Waals surface area contributed by atoms with Crippen LogP contribution in [0.5, 0.6) is 0 Å². The van der Waals surface area contributed by atoms with Crippen LogP contribution >= 0.6 is 11.8 Å². The van der Waals surface area contributed by atoms with Crippen LogP contribution in [-0.2, 0) is 12.8 Å². The summed E-state index contributed by atoms with van der Waals surface area (Å²) in [7, 11) is 2.10. The number of carbonyl (C=O) groups excluding carboxylic acids is 1. The van der Waals surface area contributed by atoms with Gasteiger partial charge in [0.05, 0.1) is 5.69 Å². The molecule has 0 atom stereocenters. The molecule has 132 valence electrons. The number of ketones is 1. The van der Waals surface area contributed by atoms with Gasteiger partial charge >= 0.3 is 0 Å². The van der Waals surface area contributed by atoms with Crippen molar-refractivity contribution in [1.29, 1.82) is 0 Å². The molecule has 0 saturated carbocycles. The van der Waals surface area contributed by atoms with Gasteiger partial charge in [0.1, 0.15) is 0 Å². The molecule has 2 aromatic carbocycles. The molecule has 0 bridgehead atoms. The fourth-order valence-electron chi connectivity index (χ4n) is 3.54. The molecule has 4 nitrogen and oxygen atoms in total. The monoisotopic (exact) mass is 363 g/mol. The molecule has 4 rings (SSSR count). The van der Waals surface area contributed by atoms with Crippen LogP contribution in [0.15, 0.2) is 53.6 Å². The maximum Gasteiger partial charge on any atom is 0.167 e. The normalized spacial score (nSPS) is 13.1. The van der Waals surface area contributed by atoms with E-state index in [0.717, 1.165) is 35.3 Å². The van der Waals surface area contributed by atoms with Gasteiger partial charge < -0.3 is 4.90 Å². The number of nitrogens with one attached hydrogen (secondary N) is 1. The summed E-state index contributed by atoms with van der Waals surface area (Å²) in [5.74, 6) is 0.153. The standard InChI is InChI=1S/C21H21N3OS/c1-24-10-8-15-12-16(13-18(21(15)24)19-7-9-22-23-19)20(25)11-14-3-5-17(26-2)6-4-14/h3-7,9,12-13H,8,10-11H2,1-2H3,(H,22,23). The van der Waals surface area contributed by atoms with E-state index in [4.69, 9.17) is 0 Å². The zero-order valence-corrected chi connectivity index (χ0v) is 15.8. The van der Waals surface area contributed by atoms with Gasteiger partial charge in [-0.05, 0) is 54.1 Å². The molecule has 26 heavy (non-hydrogen) atoms. The van der Waals surface area contributed by atoms with Crippen molar-refractivity contribution in [3.05, 3.63) is 65.4 Å². The largest absolute Gasteiger partial charge is 0.373 e. The first kappa shape index (κ1) is 16.9. The molecule has 0 radical (unpaired) electrons. The lowest BCUT2D eigenvalue weighted by molar-refractivity contribution is 0.0993. The van der Waals surface area contributed by atoms with Crippen molar-refractivity contribution in [2.45, 2.75) is 17.7 Å². The zero-order chi connectivity index (χ0) is 18.1. The van der Waals surface area contributed by atoms with Gasteiger partial charge in [-0.2, -0.15) is 5.10 Å². The molecular weight excluding hydrogens is 342 g/mol. The number of hydrogen-bond donors (Lipinski definition) is 1. The minimum Gasteiger partial charge on any atom is -0.373 e. The van der Waals surface area contributed by atoms with Crippen LogP contribution in [0.4, 0.5) is 5.69 Å². The Hall–Kier alpha value is -2.53. The van der Waals surface area contributed by atoms with Crippen LogP contribution in [0, 0.1) is 0 Å². The highest BCUT2D eigenvalue weighted by Crippen LogP contribution is 2.38. The van der Waals surface area contributed by atoms with Crippen LogP contribution in [-0.4, -0.2) is 35.8 Å². The molecule has 1 aliphatic heterocycles. The number of anilines is 1. The summed E-state index contributed by atoms with van der Waals surface area (Å²) in [5.41, 5.74) is 6.27. The summed E-state index contributed by atoms with van der Waals surface area (Å²) in [6, 6.07) is 14.3. The van der Waals surface area contributed by atoms with Crippen molar-refractivity contribution in [1.82, 2.24) is 10.2 Å². The highest BCUT2D eigenvalue weighted by molar-refractivity contribution is 7.98. The molecule has 3 aromatic rings. The average Bonchev–Trinajstić information content (AvgIpc) is 3.32. The molecule has 1 N–H and O–H groups in total. The lowest BCUT2D eigenvalue weighted by atomic mass is 9.96. The van der Waals surface area contributed by atoms with Crippen molar-refractivity contribution in [3.63, 3.8) is 0 Å². The number of rotatable bonds is 5. The third-order valence-corrected chi connectivity index (χ3v) is 5.67. The van der Waals surface area contributed by atoms with E-state index in [1.165, 1.54) is 16.1 Å². The van der Waals surface area contributed by atoms with E-state index in [1.807, 2.05) is 24.3 Å². The van der Waals surface area contributed by atoms with Gasteiger partial charge in [0.2, 0.25) is 0 Å². The lowest BCUT2D eigenvalue weighted by Crippen LogP contribution is -2.13. The van der Waals surface area contributed by atoms with Crippen LogP contribution in [0.1, 0.15) is 21.5 Å². The molecule has 0 unspecified atom stereocenters. The highest BCUT2D eigenvalue weighted by atomic mass is 32.2. The maximum atomic E-state index is 12.9. The summed E-state index contributed by atoms with van der Waals surface area (Å²) < 4.78 is 0. The van der Waals surface area contributed by atoms with Crippen molar-refractivity contribution >= 4 is 23.2 Å². The van der Waals surface area contributed by atoms with E-state index in [2.05, 4.69) is 46.6 Å². The second-order valence-electron chi connectivity index (χ2n) is 6.62. The Morgan fingerprint density at radius 3 is 2.73 bits per heavy atom. The number of likely N-dealkylation sites (N-methyl/N-ethyl adjacent to an activating group) is 1. The van der Waals surface area contributed by atoms with E-state index in [9.17, 15) is 4.79 Å². The molecule has 2 heterocycles. The first-order valence-electron chi connectivity index (χ1n) is 8.69. The number of Topliss-reactive ketones (excluding diaryl/α,β-unsaturated/α-hetero) is 1. The zero-order valence-electron chi connectivity index (χ0n) is 15.0. The number of thioether (sulfide) groups is 1. The molecule has 5 heteroatoms. The van der Waals surface area contributed by atoms with E-state index in [0.29, 0.717) is 6.42 Å². The Morgan fingerprint density at radius 1 is 1.23 bits per heavy atom. The van der Waals surface area contributed by atoms with Crippen molar-refractivity contribution in [2.75, 3.05) is 24.7 Å². The quantitative estimate of drug-likeness (QED) is 0.545. The van der Waals surface area contributed by atoms with Crippen LogP contribution in [0.2, 0.25) is 0 Å². The Labute approximate surface area is 157 Å². The predicted molar refractivity (Wildman–Crippen MR) is 107 cm³/mol. The molecule has 0 aliphatic carbocycles. The average molecular weight is 363 g/mol. The fraction of sp³-hybridized carbons (Fsp3) is 0.238. The van der Waals surface area contributed by atoms with Gasteiger partial charge in [0, 0.05) is 47.9 Å². The Morgan fingerprint density at radius 2 is 2.04 bits per heavy atom. The number of carbonyl (C=O) groups is 1. The number of H-pyrrole nitrogens is 1. The number of nitrogens with zero attached hydrogens (tertiary/aromatic N) is 2. The van der Waals surface area contributed by atoms with Crippen molar-refractivity contribution in [2.24, 2.45) is 0 Å². The number of benzene rings is 2. The first-order chi connectivity index (χ1) is 12.7. The summed E-state index contributed by atoms with van der Waals surface area (Å²) in [6.07, 6.45) is 5.19. The second-order valence-corrected chi connectivity index (χ2v) is 7.50. The van der Waals surface area contributed by atoms with Gasteiger partial charge in [-0.15, -0.1) is 11.8 Å². The molecule has 0 saturated heterocycles.